The first-order valence-corrected chi connectivity index (χ1v) is 22.0. The van der Waals surface area contributed by atoms with Crippen molar-refractivity contribution in [3.8, 4) is 34.4 Å². The maximum absolute atomic E-state index is 6.39. The third-order valence-electron chi connectivity index (χ3n) is 14.0. The van der Waals surface area contributed by atoms with Gasteiger partial charge in [0.2, 0.25) is 5.95 Å². The second-order valence-corrected chi connectivity index (χ2v) is 18.7. The molecule has 6 nitrogen and oxygen atoms in total. The number of para-hydroxylation sites is 3. The number of aromatic nitrogens is 5. The van der Waals surface area contributed by atoms with Crippen LogP contribution in [0.3, 0.4) is 0 Å². The molecule has 1 aliphatic rings. The summed E-state index contributed by atoms with van der Waals surface area (Å²) < 4.78 is 11.1. The van der Waals surface area contributed by atoms with E-state index in [4.69, 9.17) is 19.4 Å². The Morgan fingerprint density at radius 2 is 1.06 bits per heavy atom. The third-order valence-corrected chi connectivity index (χ3v) is 14.0. The standard InChI is InChI=1S/C57H43N5O/c1-56(2)27-28-57(3,4)45-33-49-41(30-44(45)56)43-32-48-42(31-47(43)61(49)37-17-6-5-7-18-37)38-19-10-12-22-46(38)62(48)55-59-53(36-26-25-34-15-8-9-16-35(34)29-36)58-54(60-55)40-21-14-24-51-52(40)39-20-11-13-23-50(39)63-51/h5-26,29-33H,27-28H2,1-4H3. The monoisotopic (exact) mass is 813 g/mol. The van der Waals surface area contributed by atoms with Gasteiger partial charge in [-0.3, -0.25) is 4.57 Å². The van der Waals surface area contributed by atoms with Gasteiger partial charge in [0.05, 0.1) is 22.1 Å². The number of nitrogens with zero attached hydrogens (tertiary/aromatic N) is 5. The van der Waals surface area contributed by atoms with Gasteiger partial charge in [0.15, 0.2) is 11.6 Å². The molecule has 0 fully saturated rings. The molecule has 6 heteroatoms. The Morgan fingerprint density at radius 1 is 0.444 bits per heavy atom. The van der Waals surface area contributed by atoms with Gasteiger partial charge in [-0.15, -0.1) is 0 Å². The van der Waals surface area contributed by atoms with Crippen LogP contribution in [-0.2, 0) is 10.8 Å². The van der Waals surface area contributed by atoms with Crippen LogP contribution in [0.1, 0.15) is 51.7 Å². The minimum absolute atomic E-state index is 0.0584. The minimum atomic E-state index is 0.0584. The first-order chi connectivity index (χ1) is 30.7. The molecule has 0 saturated heterocycles. The number of hydrogen-bond donors (Lipinski definition) is 0. The van der Waals surface area contributed by atoms with Crippen LogP contribution >= 0.6 is 0 Å². The summed E-state index contributed by atoms with van der Waals surface area (Å²) in [6.45, 7) is 9.65. The van der Waals surface area contributed by atoms with Crippen LogP contribution in [0.15, 0.2) is 168 Å². The number of furan rings is 1. The Bertz CT molecular complexity index is 3870. The van der Waals surface area contributed by atoms with Crippen LogP contribution in [0.5, 0.6) is 0 Å². The summed E-state index contributed by atoms with van der Waals surface area (Å²) >= 11 is 0. The molecule has 0 spiro atoms. The molecule has 8 aromatic carbocycles. The molecule has 0 N–H and O–H groups in total. The zero-order valence-corrected chi connectivity index (χ0v) is 35.6. The number of benzene rings is 8. The first kappa shape index (κ1) is 36.1. The van der Waals surface area contributed by atoms with Crippen LogP contribution < -0.4 is 0 Å². The molecular formula is C57H43N5O. The topological polar surface area (TPSA) is 61.7 Å². The van der Waals surface area contributed by atoms with Gasteiger partial charge in [-0.05, 0) is 106 Å². The van der Waals surface area contributed by atoms with Crippen molar-refractivity contribution in [3.05, 3.63) is 175 Å². The summed E-state index contributed by atoms with van der Waals surface area (Å²) in [4.78, 5) is 16.2. The summed E-state index contributed by atoms with van der Waals surface area (Å²) in [6.07, 6.45) is 2.31. The van der Waals surface area contributed by atoms with Gasteiger partial charge in [0.25, 0.3) is 0 Å². The predicted molar refractivity (Wildman–Crippen MR) is 259 cm³/mol. The molecule has 1 aliphatic carbocycles. The highest BCUT2D eigenvalue weighted by atomic mass is 16.3. The van der Waals surface area contributed by atoms with Crippen LogP contribution in [0, 0.1) is 0 Å². The average molecular weight is 814 g/mol. The van der Waals surface area contributed by atoms with Gasteiger partial charge >= 0.3 is 0 Å². The van der Waals surface area contributed by atoms with Gasteiger partial charge in [-0.25, -0.2) is 4.98 Å². The molecule has 13 rings (SSSR count). The molecule has 4 aromatic heterocycles. The second kappa shape index (κ2) is 13.0. The van der Waals surface area contributed by atoms with E-state index in [-0.39, 0.29) is 10.8 Å². The molecule has 0 atom stereocenters. The molecule has 0 saturated carbocycles. The van der Waals surface area contributed by atoms with Gasteiger partial charge in [0, 0.05) is 49.1 Å². The fraction of sp³-hybridized carbons (Fsp3) is 0.140. The second-order valence-electron chi connectivity index (χ2n) is 18.7. The van der Waals surface area contributed by atoms with E-state index >= 15 is 0 Å². The van der Waals surface area contributed by atoms with E-state index in [1.165, 1.54) is 38.3 Å². The van der Waals surface area contributed by atoms with Crippen molar-refractivity contribution >= 4 is 76.3 Å². The van der Waals surface area contributed by atoms with Gasteiger partial charge in [-0.2, -0.15) is 9.97 Å². The van der Waals surface area contributed by atoms with Crippen LogP contribution in [0.2, 0.25) is 0 Å². The molecular weight excluding hydrogens is 771 g/mol. The van der Waals surface area contributed by atoms with Crippen LogP contribution in [0.25, 0.3) is 111 Å². The van der Waals surface area contributed by atoms with Gasteiger partial charge < -0.3 is 8.98 Å². The summed E-state index contributed by atoms with van der Waals surface area (Å²) in [5.74, 6) is 1.75. The van der Waals surface area contributed by atoms with Gasteiger partial charge in [-0.1, -0.05) is 131 Å². The van der Waals surface area contributed by atoms with E-state index in [9.17, 15) is 0 Å². The van der Waals surface area contributed by atoms with E-state index in [1.807, 2.05) is 24.3 Å². The van der Waals surface area contributed by atoms with Crippen LogP contribution in [-0.4, -0.2) is 24.1 Å². The zero-order chi connectivity index (χ0) is 42.2. The van der Waals surface area contributed by atoms with Crippen molar-refractivity contribution in [2.75, 3.05) is 0 Å². The zero-order valence-electron chi connectivity index (χ0n) is 35.6. The van der Waals surface area contributed by atoms with Crippen molar-refractivity contribution in [2.24, 2.45) is 0 Å². The average Bonchev–Trinajstić information content (AvgIpc) is 3.96. The summed E-state index contributed by atoms with van der Waals surface area (Å²) in [7, 11) is 0. The summed E-state index contributed by atoms with van der Waals surface area (Å²) in [5, 5.41) is 9.04. The number of rotatable bonds is 4. The molecule has 12 aromatic rings. The van der Waals surface area contributed by atoms with Gasteiger partial charge in [0.1, 0.15) is 11.2 Å². The lowest BCUT2D eigenvalue weighted by molar-refractivity contribution is 0.332. The normalized spacial score (nSPS) is 14.8. The van der Waals surface area contributed by atoms with Crippen molar-refractivity contribution in [1.82, 2.24) is 24.1 Å². The molecule has 302 valence electrons. The lowest BCUT2D eigenvalue weighted by atomic mass is 9.63. The highest BCUT2D eigenvalue weighted by Crippen LogP contribution is 2.49. The van der Waals surface area contributed by atoms with Crippen molar-refractivity contribution < 1.29 is 4.42 Å². The highest BCUT2D eigenvalue weighted by Gasteiger charge is 2.38. The molecule has 4 heterocycles. The quantitative estimate of drug-likeness (QED) is 0.178. The Morgan fingerprint density at radius 3 is 1.89 bits per heavy atom. The largest absolute Gasteiger partial charge is 0.456 e. The predicted octanol–water partition coefficient (Wildman–Crippen LogP) is 14.8. The Balaban J connectivity index is 1.14. The fourth-order valence-electron chi connectivity index (χ4n) is 10.6. The molecule has 63 heavy (non-hydrogen) atoms. The number of hydrogen-bond acceptors (Lipinski definition) is 4. The summed E-state index contributed by atoms with van der Waals surface area (Å²) in [5.41, 5.74) is 12.1. The third kappa shape index (κ3) is 5.34. The maximum Gasteiger partial charge on any atom is 0.238 e. The molecule has 0 bridgehead atoms. The summed E-state index contributed by atoms with van der Waals surface area (Å²) in [6, 6.07) is 58.5. The smallest absolute Gasteiger partial charge is 0.238 e. The van der Waals surface area contributed by atoms with E-state index in [1.54, 1.807) is 0 Å². The fourth-order valence-corrected chi connectivity index (χ4v) is 10.6. The molecule has 0 amide bonds. The van der Waals surface area contributed by atoms with E-state index < -0.39 is 0 Å². The SMILES string of the molecule is CC1(C)CCC(C)(C)c2cc3c(cc21)c1cc2c(cc1n3-c1ccccc1)c1ccccc1n2-c1nc(-c2ccc3ccccc3c2)nc(-c2cccc3oc4ccccc4c23)n1. The van der Waals surface area contributed by atoms with Crippen molar-refractivity contribution in [1.29, 1.82) is 0 Å². The van der Waals surface area contributed by atoms with E-state index in [0.29, 0.717) is 17.6 Å². The maximum atomic E-state index is 6.39. The lowest BCUT2D eigenvalue weighted by Crippen LogP contribution is -2.33. The molecule has 0 aliphatic heterocycles. The number of fused-ring (bicyclic) bond motifs is 11. The molecule has 0 unspecified atom stereocenters. The van der Waals surface area contributed by atoms with Crippen LogP contribution in [0.4, 0.5) is 0 Å². The first-order valence-electron chi connectivity index (χ1n) is 22.0. The Kier molecular flexibility index (Phi) is 7.44. The van der Waals surface area contributed by atoms with E-state index in [2.05, 4.69) is 176 Å². The Hall–Kier alpha value is -7.57. The Labute approximate surface area is 364 Å². The minimum Gasteiger partial charge on any atom is -0.456 e. The lowest BCUT2D eigenvalue weighted by Gasteiger charge is -2.42. The highest BCUT2D eigenvalue weighted by molar-refractivity contribution is 6.19. The van der Waals surface area contributed by atoms with Crippen molar-refractivity contribution in [2.45, 2.75) is 51.4 Å². The van der Waals surface area contributed by atoms with Crippen molar-refractivity contribution in [3.63, 3.8) is 0 Å². The van der Waals surface area contributed by atoms with E-state index in [0.717, 1.165) is 78.8 Å². The molecule has 0 radical (unpaired) electrons.